The molecule has 0 spiro atoms. The van der Waals surface area contributed by atoms with Gasteiger partial charge in [-0.15, -0.1) is 24.0 Å². The van der Waals surface area contributed by atoms with Gasteiger partial charge in [-0.3, -0.25) is 14.4 Å². The summed E-state index contributed by atoms with van der Waals surface area (Å²) in [6, 6.07) is 1.94. The topological polar surface area (TPSA) is 72.1 Å². The molecule has 2 aromatic heterocycles. The molecule has 0 aliphatic heterocycles. The van der Waals surface area contributed by atoms with Crippen LogP contribution in [0.5, 0.6) is 0 Å². The number of rotatable bonds is 8. The summed E-state index contributed by atoms with van der Waals surface area (Å²) < 4.78 is 3.86. The van der Waals surface area contributed by atoms with Crippen LogP contribution in [0.25, 0.3) is 0 Å². The number of guanidine groups is 1. The lowest BCUT2D eigenvalue weighted by molar-refractivity contribution is 0.580. The van der Waals surface area contributed by atoms with E-state index in [1.54, 1.807) is 6.20 Å². The smallest absolute Gasteiger partial charge is 0.191 e. The number of aromatic nitrogens is 4. The van der Waals surface area contributed by atoms with Crippen LogP contribution in [0, 0.1) is 6.92 Å². The first-order chi connectivity index (χ1) is 10.8. The van der Waals surface area contributed by atoms with Crippen molar-refractivity contribution in [3.63, 3.8) is 0 Å². The Morgan fingerprint density at radius 2 is 2.09 bits per heavy atom. The van der Waals surface area contributed by atoms with E-state index in [-0.39, 0.29) is 24.0 Å². The lowest BCUT2D eigenvalue weighted by Crippen LogP contribution is -2.39. The Labute approximate surface area is 154 Å². The number of aliphatic imine (C=N–C) groups is 1. The summed E-state index contributed by atoms with van der Waals surface area (Å²) in [5.41, 5.74) is 1.18. The van der Waals surface area contributed by atoms with Crippen LogP contribution in [0.1, 0.15) is 18.9 Å². The lowest BCUT2D eigenvalue weighted by atomic mass is 10.4. The highest BCUT2D eigenvalue weighted by atomic mass is 127. The van der Waals surface area contributed by atoms with Crippen molar-refractivity contribution in [2.24, 2.45) is 4.99 Å². The van der Waals surface area contributed by atoms with E-state index in [0.717, 1.165) is 45.1 Å². The first kappa shape index (κ1) is 19.5. The number of hydrogen-bond acceptors (Lipinski definition) is 3. The molecule has 0 unspecified atom stereocenters. The number of aryl methyl sites for hydroxylation is 2. The molecule has 0 saturated heterocycles. The molecule has 0 aliphatic carbocycles. The van der Waals surface area contributed by atoms with E-state index in [1.165, 1.54) is 5.56 Å². The molecule has 0 atom stereocenters. The van der Waals surface area contributed by atoms with Crippen LogP contribution in [0.2, 0.25) is 0 Å². The van der Waals surface area contributed by atoms with Crippen molar-refractivity contribution in [3.05, 3.63) is 36.4 Å². The molecule has 2 rings (SSSR count). The minimum absolute atomic E-state index is 0. The van der Waals surface area contributed by atoms with Crippen molar-refractivity contribution in [2.75, 3.05) is 19.6 Å². The van der Waals surface area contributed by atoms with Crippen LogP contribution in [-0.4, -0.2) is 45.2 Å². The van der Waals surface area contributed by atoms with Gasteiger partial charge < -0.3 is 10.6 Å². The second kappa shape index (κ2) is 11.0. The third-order valence-electron chi connectivity index (χ3n) is 3.11. The third kappa shape index (κ3) is 7.49. The molecule has 2 aromatic rings. The van der Waals surface area contributed by atoms with Gasteiger partial charge in [0.2, 0.25) is 0 Å². The molecule has 0 bridgehead atoms. The molecule has 8 heteroatoms. The standard InChI is InChI=1S/C15H25N7.HI/c1-3-16-15(17-6-4-9-21-10-5-7-19-21)18-8-11-22-13-14(2)12-20-22;/h5,7,10,12-13H,3-4,6,8-9,11H2,1-2H3,(H2,16,17,18);1H. The van der Waals surface area contributed by atoms with Gasteiger partial charge in [0.15, 0.2) is 5.96 Å². The largest absolute Gasteiger partial charge is 0.357 e. The summed E-state index contributed by atoms with van der Waals surface area (Å²) in [5, 5.41) is 15.0. The molecular formula is C15H26IN7. The first-order valence-corrected chi connectivity index (χ1v) is 7.76. The average molecular weight is 431 g/mol. The number of nitrogens with one attached hydrogen (secondary N) is 2. The zero-order chi connectivity index (χ0) is 15.6. The van der Waals surface area contributed by atoms with Crippen molar-refractivity contribution in [3.8, 4) is 0 Å². The highest BCUT2D eigenvalue weighted by molar-refractivity contribution is 14.0. The molecule has 23 heavy (non-hydrogen) atoms. The molecule has 2 N–H and O–H groups in total. The predicted molar refractivity (Wildman–Crippen MR) is 103 cm³/mol. The molecule has 2 heterocycles. The second-order valence-corrected chi connectivity index (χ2v) is 5.09. The fourth-order valence-electron chi connectivity index (χ4n) is 2.08. The van der Waals surface area contributed by atoms with Crippen molar-refractivity contribution < 1.29 is 0 Å². The molecule has 0 aliphatic rings. The van der Waals surface area contributed by atoms with Gasteiger partial charge in [-0.25, -0.2) is 0 Å². The van der Waals surface area contributed by atoms with Gasteiger partial charge in [0.1, 0.15) is 0 Å². The summed E-state index contributed by atoms with van der Waals surface area (Å²) in [5.74, 6) is 0.854. The molecule has 0 amide bonds. The number of nitrogens with zero attached hydrogens (tertiary/aromatic N) is 5. The molecule has 128 valence electrons. The van der Waals surface area contributed by atoms with E-state index in [9.17, 15) is 0 Å². The van der Waals surface area contributed by atoms with Crippen LogP contribution in [0.3, 0.4) is 0 Å². The van der Waals surface area contributed by atoms with Gasteiger partial charge in [0.05, 0.1) is 12.7 Å². The Morgan fingerprint density at radius 1 is 1.22 bits per heavy atom. The minimum Gasteiger partial charge on any atom is -0.357 e. The Balaban J connectivity index is 0.00000264. The zero-order valence-corrected chi connectivity index (χ0v) is 16.1. The van der Waals surface area contributed by atoms with E-state index >= 15 is 0 Å². The summed E-state index contributed by atoms with van der Waals surface area (Å²) in [6.07, 6.45) is 8.64. The fraction of sp³-hybridized carbons (Fsp3) is 0.533. The van der Waals surface area contributed by atoms with Crippen LogP contribution in [0.4, 0.5) is 0 Å². The minimum atomic E-state index is 0. The molecule has 0 fully saturated rings. The predicted octanol–water partition coefficient (Wildman–Crippen LogP) is 1.65. The van der Waals surface area contributed by atoms with Gasteiger partial charge in [0, 0.05) is 44.8 Å². The molecule has 0 radical (unpaired) electrons. The van der Waals surface area contributed by atoms with Crippen LogP contribution < -0.4 is 10.6 Å². The monoisotopic (exact) mass is 431 g/mol. The van der Waals surface area contributed by atoms with E-state index in [4.69, 9.17) is 0 Å². The van der Waals surface area contributed by atoms with Crippen molar-refractivity contribution in [1.29, 1.82) is 0 Å². The maximum Gasteiger partial charge on any atom is 0.191 e. The molecule has 0 saturated carbocycles. The Hall–Kier alpha value is -1.58. The van der Waals surface area contributed by atoms with Gasteiger partial charge in [-0.05, 0) is 31.9 Å². The Morgan fingerprint density at radius 3 is 2.74 bits per heavy atom. The van der Waals surface area contributed by atoms with E-state index in [2.05, 4.69) is 32.7 Å². The third-order valence-corrected chi connectivity index (χ3v) is 3.11. The summed E-state index contributed by atoms with van der Waals surface area (Å²) in [7, 11) is 0. The van der Waals surface area contributed by atoms with Gasteiger partial charge in [-0.2, -0.15) is 10.2 Å². The van der Waals surface area contributed by atoms with Gasteiger partial charge in [0.25, 0.3) is 0 Å². The second-order valence-electron chi connectivity index (χ2n) is 5.09. The van der Waals surface area contributed by atoms with Crippen molar-refractivity contribution in [2.45, 2.75) is 33.4 Å². The normalized spacial score (nSPS) is 11.1. The molecule has 0 aromatic carbocycles. The van der Waals surface area contributed by atoms with Gasteiger partial charge >= 0.3 is 0 Å². The van der Waals surface area contributed by atoms with E-state index in [0.29, 0.717) is 0 Å². The highest BCUT2D eigenvalue weighted by Crippen LogP contribution is 1.93. The van der Waals surface area contributed by atoms with E-state index < -0.39 is 0 Å². The summed E-state index contributed by atoms with van der Waals surface area (Å²) >= 11 is 0. The van der Waals surface area contributed by atoms with Gasteiger partial charge in [-0.1, -0.05) is 0 Å². The first-order valence-electron chi connectivity index (χ1n) is 7.76. The van der Waals surface area contributed by atoms with Crippen LogP contribution in [0.15, 0.2) is 35.8 Å². The van der Waals surface area contributed by atoms with Crippen LogP contribution >= 0.6 is 24.0 Å². The van der Waals surface area contributed by atoms with E-state index in [1.807, 2.05) is 40.9 Å². The fourth-order valence-corrected chi connectivity index (χ4v) is 2.08. The quantitative estimate of drug-likeness (QED) is 0.289. The SMILES string of the molecule is CCNC(=NCCCn1cccn1)NCCn1cc(C)cn1.I. The average Bonchev–Trinajstić information content (AvgIpc) is 3.15. The Bertz CT molecular complexity index is 562. The summed E-state index contributed by atoms with van der Waals surface area (Å²) in [4.78, 5) is 4.57. The maximum atomic E-state index is 4.57. The maximum absolute atomic E-state index is 4.57. The van der Waals surface area contributed by atoms with Crippen molar-refractivity contribution >= 4 is 29.9 Å². The van der Waals surface area contributed by atoms with Crippen LogP contribution in [-0.2, 0) is 13.1 Å². The summed E-state index contributed by atoms with van der Waals surface area (Å²) in [6.45, 7) is 8.25. The number of hydrogen-bond donors (Lipinski definition) is 2. The molecule has 7 nitrogen and oxygen atoms in total. The zero-order valence-electron chi connectivity index (χ0n) is 13.8. The van der Waals surface area contributed by atoms with Crippen molar-refractivity contribution in [1.82, 2.24) is 30.2 Å². The molecular weight excluding hydrogens is 405 g/mol. The lowest BCUT2D eigenvalue weighted by Gasteiger charge is -2.11. The number of halogens is 1. The highest BCUT2D eigenvalue weighted by Gasteiger charge is 1.98. The Kier molecular flexibility index (Phi) is 9.34.